The molecule has 0 radical (unpaired) electrons. The first-order valence-corrected chi connectivity index (χ1v) is 5.46. The highest BCUT2D eigenvalue weighted by Crippen LogP contribution is 2.23. The van der Waals surface area contributed by atoms with Gasteiger partial charge in [0, 0.05) is 6.21 Å². The molecule has 0 aromatic heterocycles. The minimum absolute atomic E-state index is 0.203. The Morgan fingerprint density at radius 3 is 2.19 bits per heavy atom. The van der Waals surface area contributed by atoms with Crippen molar-refractivity contribution < 1.29 is 0 Å². The molecule has 0 saturated carbocycles. The van der Waals surface area contributed by atoms with Crippen LogP contribution < -0.4 is 5.84 Å². The summed E-state index contributed by atoms with van der Waals surface area (Å²) in [5.41, 5.74) is 3.91. The predicted molar refractivity (Wildman–Crippen MR) is 71.5 cm³/mol. The lowest BCUT2D eigenvalue weighted by molar-refractivity contribution is 0.590. The minimum Gasteiger partial charge on any atom is -0.323 e. The van der Waals surface area contributed by atoms with E-state index in [1.165, 1.54) is 11.1 Å². The van der Waals surface area contributed by atoms with Crippen LogP contribution in [0.25, 0.3) is 5.57 Å². The molecule has 0 amide bonds. The molecule has 0 saturated heterocycles. The van der Waals surface area contributed by atoms with Gasteiger partial charge in [0.2, 0.25) is 0 Å². The Kier molecular flexibility index (Phi) is 3.88. The van der Waals surface area contributed by atoms with Crippen LogP contribution in [0.3, 0.4) is 0 Å². The average molecular weight is 216 g/mol. The molecule has 0 bridgehead atoms. The maximum Gasteiger partial charge on any atom is 0.0468 e. The van der Waals surface area contributed by atoms with Gasteiger partial charge in [-0.15, -0.1) is 0 Å². The molecule has 1 rings (SSSR count). The van der Waals surface area contributed by atoms with Crippen LogP contribution in [0.1, 0.15) is 38.8 Å². The molecule has 1 aromatic rings. The molecule has 16 heavy (non-hydrogen) atoms. The second kappa shape index (κ2) is 4.97. The third-order valence-corrected chi connectivity index (χ3v) is 2.62. The molecular weight excluding hydrogens is 196 g/mol. The van der Waals surface area contributed by atoms with Gasteiger partial charge in [-0.25, -0.2) is 0 Å². The van der Waals surface area contributed by atoms with E-state index in [0.29, 0.717) is 0 Å². The summed E-state index contributed by atoms with van der Waals surface area (Å²) in [6.07, 6.45) is 3.51. The van der Waals surface area contributed by atoms with Crippen LogP contribution in [0, 0.1) is 0 Å². The Bertz CT molecular complexity index is 392. The zero-order valence-corrected chi connectivity index (χ0v) is 10.5. The number of rotatable bonds is 2. The fourth-order valence-electron chi connectivity index (χ4n) is 1.48. The lowest BCUT2D eigenvalue weighted by Crippen LogP contribution is -2.10. The summed E-state index contributed by atoms with van der Waals surface area (Å²) in [4.78, 5) is 0. The van der Waals surface area contributed by atoms with E-state index in [1.807, 2.05) is 13.0 Å². The van der Waals surface area contributed by atoms with Gasteiger partial charge < -0.3 is 5.84 Å². The van der Waals surface area contributed by atoms with E-state index >= 15 is 0 Å². The van der Waals surface area contributed by atoms with Crippen LogP contribution >= 0.6 is 0 Å². The minimum atomic E-state index is 0.203. The number of hydrogen-bond acceptors (Lipinski definition) is 2. The van der Waals surface area contributed by atoms with Crippen molar-refractivity contribution >= 4 is 11.8 Å². The molecule has 0 fully saturated rings. The highest BCUT2D eigenvalue weighted by Gasteiger charge is 2.12. The molecule has 0 atom stereocenters. The number of nitrogens with zero attached hydrogens (tertiary/aromatic N) is 1. The standard InChI is InChI=1S/C14H20N2/c1-11(9-10-16-15)12-5-7-13(8-6-12)14(2,3)4/h5-10H,15H2,1-4H3. The van der Waals surface area contributed by atoms with Crippen LogP contribution in [0.5, 0.6) is 0 Å². The number of hydrogen-bond donors (Lipinski definition) is 1. The molecular formula is C14H20N2. The van der Waals surface area contributed by atoms with Crippen LogP contribution in [0.2, 0.25) is 0 Å². The number of nitrogens with two attached hydrogens (primary N) is 1. The summed E-state index contributed by atoms with van der Waals surface area (Å²) in [5.74, 6) is 5.06. The van der Waals surface area contributed by atoms with Crippen molar-refractivity contribution in [2.24, 2.45) is 10.9 Å². The molecule has 0 spiro atoms. The zero-order valence-electron chi connectivity index (χ0n) is 10.5. The fraction of sp³-hybridized carbons (Fsp3) is 0.357. The van der Waals surface area contributed by atoms with Gasteiger partial charge in [-0.05, 0) is 35.1 Å². The van der Waals surface area contributed by atoms with Gasteiger partial charge in [0.15, 0.2) is 0 Å². The largest absolute Gasteiger partial charge is 0.323 e. The van der Waals surface area contributed by atoms with Crippen molar-refractivity contribution in [2.75, 3.05) is 0 Å². The monoisotopic (exact) mass is 216 g/mol. The Morgan fingerprint density at radius 1 is 1.19 bits per heavy atom. The van der Waals surface area contributed by atoms with E-state index in [0.717, 1.165) is 5.57 Å². The molecule has 2 nitrogen and oxygen atoms in total. The fourth-order valence-corrected chi connectivity index (χ4v) is 1.48. The topological polar surface area (TPSA) is 38.4 Å². The van der Waals surface area contributed by atoms with Gasteiger partial charge in [0.05, 0.1) is 0 Å². The van der Waals surface area contributed by atoms with Crippen molar-refractivity contribution in [1.29, 1.82) is 0 Å². The summed E-state index contributed by atoms with van der Waals surface area (Å²) in [6.45, 7) is 8.69. The van der Waals surface area contributed by atoms with E-state index in [2.05, 4.69) is 50.1 Å². The third-order valence-electron chi connectivity index (χ3n) is 2.62. The molecule has 0 heterocycles. The second-order valence-corrected chi connectivity index (χ2v) is 4.98. The summed E-state index contributed by atoms with van der Waals surface area (Å²) >= 11 is 0. The van der Waals surface area contributed by atoms with Gasteiger partial charge in [-0.1, -0.05) is 45.0 Å². The number of allylic oxidation sites excluding steroid dienone is 2. The predicted octanol–water partition coefficient (Wildman–Crippen LogP) is 3.33. The normalized spacial score (nSPS) is 13.4. The average Bonchev–Trinajstić information content (AvgIpc) is 2.25. The van der Waals surface area contributed by atoms with Crippen molar-refractivity contribution in [3.63, 3.8) is 0 Å². The van der Waals surface area contributed by atoms with Crippen LogP contribution in [-0.4, -0.2) is 6.21 Å². The molecule has 2 N–H and O–H groups in total. The molecule has 0 aliphatic heterocycles. The highest BCUT2D eigenvalue weighted by atomic mass is 15.1. The summed E-state index contributed by atoms with van der Waals surface area (Å²) < 4.78 is 0. The van der Waals surface area contributed by atoms with Crippen molar-refractivity contribution in [1.82, 2.24) is 0 Å². The SMILES string of the molecule is CC(=CC=NN)c1ccc(C(C)(C)C)cc1. The van der Waals surface area contributed by atoms with Gasteiger partial charge in [0.25, 0.3) is 0 Å². The van der Waals surface area contributed by atoms with Gasteiger partial charge in [-0.2, -0.15) is 5.10 Å². The highest BCUT2D eigenvalue weighted by molar-refractivity contribution is 5.83. The Morgan fingerprint density at radius 2 is 1.75 bits per heavy atom. The van der Waals surface area contributed by atoms with Crippen LogP contribution in [0.15, 0.2) is 35.4 Å². The van der Waals surface area contributed by atoms with E-state index < -0.39 is 0 Å². The maximum absolute atomic E-state index is 5.06. The lowest BCUT2D eigenvalue weighted by atomic mass is 9.86. The molecule has 86 valence electrons. The maximum atomic E-state index is 5.06. The zero-order chi connectivity index (χ0) is 12.2. The number of hydrazone groups is 1. The first-order valence-electron chi connectivity index (χ1n) is 5.46. The first-order chi connectivity index (χ1) is 7.45. The van der Waals surface area contributed by atoms with Crippen molar-refractivity contribution in [2.45, 2.75) is 33.1 Å². The quantitative estimate of drug-likeness (QED) is 0.459. The van der Waals surface area contributed by atoms with Crippen LogP contribution in [0.4, 0.5) is 0 Å². The van der Waals surface area contributed by atoms with E-state index in [-0.39, 0.29) is 5.41 Å². The smallest absolute Gasteiger partial charge is 0.0468 e. The third kappa shape index (κ3) is 3.23. The van der Waals surface area contributed by atoms with Gasteiger partial charge in [0.1, 0.15) is 0 Å². The Labute approximate surface area is 97.9 Å². The molecule has 0 unspecified atom stereocenters. The molecule has 0 aliphatic rings. The van der Waals surface area contributed by atoms with Crippen LogP contribution in [-0.2, 0) is 5.41 Å². The molecule has 0 aliphatic carbocycles. The van der Waals surface area contributed by atoms with E-state index in [9.17, 15) is 0 Å². The number of benzene rings is 1. The lowest BCUT2D eigenvalue weighted by Gasteiger charge is -2.19. The summed E-state index contributed by atoms with van der Waals surface area (Å²) in [6, 6.07) is 8.62. The molecule has 1 aromatic carbocycles. The van der Waals surface area contributed by atoms with Crippen molar-refractivity contribution in [3.05, 3.63) is 41.5 Å². The summed E-state index contributed by atoms with van der Waals surface area (Å²) in [7, 11) is 0. The van der Waals surface area contributed by atoms with Crippen molar-refractivity contribution in [3.8, 4) is 0 Å². The summed E-state index contributed by atoms with van der Waals surface area (Å²) in [5, 5.41) is 3.46. The van der Waals surface area contributed by atoms with Gasteiger partial charge in [-0.3, -0.25) is 0 Å². The Hall–Kier alpha value is -1.57. The first kappa shape index (κ1) is 12.5. The Balaban J connectivity index is 2.95. The molecule has 2 heteroatoms. The van der Waals surface area contributed by atoms with E-state index in [1.54, 1.807) is 6.21 Å². The van der Waals surface area contributed by atoms with Gasteiger partial charge >= 0.3 is 0 Å². The second-order valence-electron chi connectivity index (χ2n) is 4.98. The van der Waals surface area contributed by atoms with E-state index in [4.69, 9.17) is 5.84 Å².